The molecule has 138 valence electrons. The van der Waals surface area contributed by atoms with Gasteiger partial charge in [0.05, 0.1) is 11.7 Å². The van der Waals surface area contributed by atoms with Crippen LogP contribution in [0.5, 0.6) is 0 Å². The second-order valence-corrected chi connectivity index (χ2v) is 7.31. The molecule has 0 bridgehead atoms. The summed E-state index contributed by atoms with van der Waals surface area (Å²) in [5.74, 6) is 0.131. The first-order chi connectivity index (χ1) is 13.8. The van der Waals surface area contributed by atoms with Gasteiger partial charge in [-0.2, -0.15) is 0 Å². The summed E-state index contributed by atoms with van der Waals surface area (Å²) in [5.41, 5.74) is 6.45. The molecular formula is C25H22N2O. The Morgan fingerprint density at radius 1 is 0.893 bits per heavy atom. The van der Waals surface area contributed by atoms with Crippen molar-refractivity contribution in [2.24, 2.45) is 0 Å². The highest BCUT2D eigenvalue weighted by Crippen LogP contribution is 2.45. The quantitative estimate of drug-likeness (QED) is 0.487. The van der Waals surface area contributed by atoms with E-state index in [2.05, 4.69) is 66.5 Å². The number of carbonyl (C=O) groups excluding carboxylic acids is 1. The highest BCUT2D eigenvalue weighted by molar-refractivity contribution is 6.02. The summed E-state index contributed by atoms with van der Waals surface area (Å²) >= 11 is 0. The first kappa shape index (κ1) is 16.8. The number of aromatic nitrogens is 1. The van der Waals surface area contributed by atoms with Crippen molar-refractivity contribution in [2.45, 2.75) is 19.4 Å². The van der Waals surface area contributed by atoms with E-state index in [1.807, 2.05) is 29.2 Å². The van der Waals surface area contributed by atoms with E-state index in [9.17, 15) is 4.79 Å². The lowest BCUT2D eigenvalue weighted by molar-refractivity contribution is 0.0751. The van der Waals surface area contributed by atoms with Gasteiger partial charge in [0, 0.05) is 28.6 Å². The fraction of sp³-hybridized carbons (Fsp3) is 0.160. The predicted octanol–water partition coefficient (Wildman–Crippen LogP) is 5.79. The Morgan fingerprint density at radius 3 is 2.43 bits per heavy atom. The van der Waals surface area contributed by atoms with Crippen molar-refractivity contribution >= 4 is 16.8 Å². The van der Waals surface area contributed by atoms with Gasteiger partial charge in [-0.15, -0.1) is 0 Å². The van der Waals surface area contributed by atoms with E-state index < -0.39 is 0 Å². The van der Waals surface area contributed by atoms with Crippen LogP contribution in [-0.2, 0) is 0 Å². The Morgan fingerprint density at radius 2 is 1.61 bits per heavy atom. The van der Waals surface area contributed by atoms with Crippen LogP contribution in [0.2, 0.25) is 0 Å². The second-order valence-electron chi connectivity index (χ2n) is 7.31. The summed E-state index contributed by atoms with van der Waals surface area (Å²) in [5, 5.41) is 1.18. The van der Waals surface area contributed by atoms with E-state index in [1.54, 1.807) is 0 Å². The number of rotatable bonds is 4. The minimum atomic E-state index is -0.0741. The first-order valence-electron chi connectivity index (χ1n) is 9.85. The average molecular weight is 366 g/mol. The average Bonchev–Trinajstić information content (AvgIpc) is 3.25. The smallest absolute Gasteiger partial charge is 0.255 e. The Balaban J connectivity index is 1.82. The Hall–Kier alpha value is -3.33. The van der Waals surface area contributed by atoms with Crippen molar-refractivity contribution in [2.75, 3.05) is 6.54 Å². The van der Waals surface area contributed by atoms with Crippen LogP contribution in [0.25, 0.3) is 22.2 Å². The monoisotopic (exact) mass is 366 g/mol. The molecule has 0 spiro atoms. The fourth-order valence-corrected chi connectivity index (χ4v) is 4.43. The molecule has 1 aromatic heterocycles. The number of benzene rings is 3. The molecule has 3 aromatic carbocycles. The Bertz CT molecular complexity index is 1160. The van der Waals surface area contributed by atoms with Gasteiger partial charge in [0.1, 0.15) is 0 Å². The normalized spacial score (nSPS) is 16.0. The van der Waals surface area contributed by atoms with E-state index in [1.165, 1.54) is 10.9 Å². The van der Waals surface area contributed by atoms with Crippen molar-refractivity contribution in [3.05, 3.63) is 95.6 Å². The third kappa shape index (κ3) is 2.47. The summed E-state index contributed by atoms with van der Waals surface area (Å²) in [6, 6.07) is 26.8. The summed E-state index contributed by atoms with van der Waals surface area (Å²) in [6.45, 7) is 2.87. The number of hydrogen-bond acceptors (Lipinski definition) is 1. The van der Waals surface area contributed by atoms with Crippen LogP contribution in [0, 0.1) is 0 Å². The van der Waals surface area contributed by atoms with E-state index in [0.29, 0.717) is 0 Å². The molecule has 3 heteroatoms. The van der Waals surface area contributed by atoms with Crippen molar-refractivity contribution in [1.29, 1.82) is 0 Å². The molecule has 0 saturated carbocycles. The molecule has 0 saturated heterocycles. The molecular weight excluding hydrogens is 344 g/mol. The third-order valence-electron chi connectivity index (χ3n) is 5.60. The maximum absolute atomic E-state index is 13.2. The van der Waals surface area contributed by atoms with Crippen molar-refractivity contribution in [3.8, 4) is 11.3 Å². The highest BCUT2D eigenvalue weighted by Gasteiger charge is 2.39. The maximum atomic E-state index is 13.2. The molecule has 2 heterocycles. The van der Waals surface area contributed by atoms with Gasteiger partial charge in [-0.3, -0.25) is 4.79 Å². The minimum Gasteiger partial charge on any atom is -0.354 e. The molecule has 1 unspecified atom stereocenters. The highest BCUT2D eigenvalue weighted by atomic mass is 16.2. The van der Waals surface area contributed by atoms with Gasteiger partial charge in [-0.25, -0.2) is 0 Å². The van der Waals surface area contributed by atoms with Gasteiger partial charge >= 0.3 is 0 Å². The van der Waals surface area contributed by atoms with E-state index in [-0.39, 0.29) is 11.9 Å². The molecule has 1 N–H and O–H groups in total. The van der Waals surface area contributed by atoms with Crippen LogP contribution in [0.1, 0.15) is 40.9 Å². The lowest BCUT2D eigenvalue weighted by Gasteiger charge is -2.26. The van der Waals surface area contributed by atoms with Crippen LogP contribution in [-0.4, -0.2) is 22.3 Å². The van der Waals surface area contributed by atoms with Crippen molar-refractivity contribution in [3.63, 3.8) is 0 Å². The number of hydrogen-bond donors (Lipinski definition) is 1. The lowest BCUT2D eigenvalue weighted by atomic mass is 9.93. The third-order valence-corrected chi connectivity index (χ3v) is 5.60. The molecule has 0 radical (unpaired) electrons. The van der Waals surface area contributed by atoms with Crippen LogP contribution >= 0.6 is 0 Å². The zero-order chi connectivity index (χ0) is 19.1. The molecule has 28 heavy (non-hydrogen) atoms. The molecule has 1 aliphatic heterocycles. The summed E-state index contributed by atoms with van der Waals surface area (Å²) in [7, 11) is 0. The summed E-state index contributed by atoms with van der Waals surface area (Å²) < 4.78 is 0. The molecule has 1 atom stereocenters. The van der Waals surface area contributed by atoms with Crippen molar-refractivity contribution < 1.29 is 4.79 Å². The SMILES string of the molecule is CCCN1C(=O)c2ccccc2C1c1c(-c2ccccc2)[nH]c2ccccc12. The van der Waals surface area contributed by atoms with Gasteiger partial charge < -0.3 is 9.88 Å². The molecule has 4 aromatic rings. The van der Waals surface area contributed by atoms with Gasteiger partial charge in [0.2, 0.25) is 0 Å². The van der Waals surface area contributed by atoms with Gasteiger partial charge in [-0.1, -0.05) is 73.7 Å². The number of nitrogens with zero attached hydrogens (tertiary/aromatic N) is 1. The van der Waals surface area contributed by atoms with Crippen LogP contribution in [0.3, 0.4) is 0 Å². The summed E-state index contributed by atoms with van der Waals surface area (Å²) in [4.78, 5) is 18.9. The standard InChI is InChI=1S/C25H22N2O/c1-2-16-27-24(18-12-6-7-13-19(18)25(27)28)22-20-14-8-9-15-21(20)26-23(22)17-10-4-3-5-11-17/h3-15,24,26H,2,16H2,1H3. The number of fused-ring (bicyclic) bond motifs is 2. The summed E-state index contributed by atoms with van der Waals surface area (Å²) in [6.07, 6.45) is 0.930. The lowest BCUT2D eigenvalue weighted by Crippen LogP contribution is -2.29. The van der Waals surface area contributed by atoms with Gasteiger partial charge in [0.15, 0.2) is 0 Å². The maximum Gasteiger partial charge on any atom is 0.255 e. The van der Waals surface area contributed by atoms with Gasteiger partial charge in [-0.05, 0) is 29.7 Å². The topological polar surface area (TPSA) is 36.1 Å². The molecule has 3 nitrogen and oxygen atoms in total. The molecule has 0 fully saturated rings. The zero-order valence-corrected chi connectivity index (χ0v) is 15.9. The van der Waals surface area contributed by atoms with Crippen LogP contribution in [0.15, 0.2) is 78.9 Å². The van der Waals surface area contributed by atoms with E-state index >= 15 is 0 Å². The predicted molar refractivity (Wildman–Crippen MR) is 113 cm³/mol. The number of carbonyl (C=O) groups is 1. The van der Waals surface area contributed by atoms with E-state index in [0.717, 1.165) is 40.9 Å². The fourth-order valence-electron chi connectivity index (χ4n) is 4.43. The second kappa shape index (κ2) is 6.68. The zero-order valence-electron chi connectivity index (χ0n) is 15.9. The number of amides is 1. The number of H-pyrrole nitrogens is 1. The minimum absolute atomic E-state index is 0.0741. The van der Waals surface area contributed by atoms with Crippen LogP contribution in [0.4, 0.5) is 0 Å². The molecule has 5 rings (SSSR count). The van der Waals surface area contributed by atoms with Crippen molar-refractivity contribution in [1.82, 2.24) is 9.88 Å². The first-order valence-corrected chi connectivity index (χ1v) is 9.85. The Labute approximate surface area is 164 Å². The number of para-hydroxylation sites is 1. The van der Waals surface area contributed by atoms with Gasteiger partial charge in [0.25, 0.3) is 5.91 Å². The number of nitrogens with one attached hydrogen (secondary N) is 1. The Kier molecular flexibility index (Phi) is 4.01. The van der Waals surface area contributed by atoms with Crippen LogP contribution < -0.4 is 0 Å². The molecule has 1 aliphatic rings. The molecule has 1 amide bonds. The van der Waals surface area contributed by atoms with E-state index in [4.69, 9.17) is 0 Å². The number of aromatic amines is 1. The molecule has 0 aliphatic carbocycles. The largest absolute Gasteiger partial charge is 0.354 e.